The molecule has 3 heteroatoms. The zero-order valence-electron chi connectivity index (χ0n) is 7.93. The van der Waals surface area contributed by atoms with Gasteiger partial charge in [0.1, 0.15) is 0 Å². The molecule has 0 saturated carbocycles. The molecule has 2 nitrogen and oxygen atoms in total. The maximum atomic E-state index is 10.9. The summed E-state index contributed by atoms with van der Waals surface area (Å²) in [6.45, 7) is 3.80. The molecule has 0 aromatic heterocycles. The van der Waals surface area contributed by atoms with E-state index < -0.39 is 0 Å². The van der Waals surface area contributed by atoms with Crippen LogP contribution in [0.25, 0.3) is 0 Å². The van der Waals surface area contributed by atoms with E-state index in [0.717, 1.165) is 19.3 Å². The molecule has 0 aromatic carbocycles. The van der Waals surface area contributed by atoms with E-state index in [1.165, 1.54) is 0 Å². The first-order valence-corrected chi connectivity index (χ1v) is 4.28. The van der Waals surface area contributed by atoms with Gasteiger partial charge in [-0.15, -0.1) is 0 Å². The molecule has 0 fully saturated rings. The Morgan fingerprint density at radius 3 is 2.00 bits per heavy atom. The minimum Gasteiger partial charge on any atom is -0.291 e. The average molecular weight is 295 g/mol. The van der Waals surface area contributed by atoms with Gasteiger partial charge in [0.05, 0.1) is 0 Å². The van der Waals surface area contributed by atoms with Crippen molar-refractivity contribution in [3.63, 3.8) is 0 Å². The van der Waals surface area contributed by atoms with Crippen LogP contribution in [0.1, 0.15) is 46.0 Å². The van der Waals surface area contributed by atoms with Crippen LogP contribution in [0.5, 0.6) is 0 Å². The van der Waals surface area contributed by atoms with Crippen LogP contribution < -0.4 is 0 Å². The Hall–Kier alpha value is 0.535. The first kappa shape index (κ1) is 15.0. The summed E-state index contributed by atoms with van der Waals surface area (Å²) in [6, 6.07) is 0. The molecular weight excluding hydrogens is 279 g/mol. The van der Waals surface area contributed by atoms with Crippen molar-refractivity contribution in [3.8, 4) is 0 Å². The van der Waals surface area contributed by atoms with Crippen LogP contribution in [-0.2, 0) is 9.59 Å². The molecule has 0 spiro atoms. The monoisotopic (exact) mass is 295 g/mol. The Kier molecular flexibility index (Phi) is 12.0. The van der Waals surface area contributed by atoms with Crippen molar-refractivity contribution in [1.82, 2.24) is 0 Å². The molecule has 0 aromatic rings. The first-order valence-electron chi connectivity index (χ1n) is 4.28. The normalized spacial score (nSPS) is 8.83. The molecule has 0 atom stereocenters. The molecule has 0 aliphatic rings. The van der Waals surface area contributed by atoms with Crippen molar-refractivity contribution in [1.29, 1.82) is 0 Å². The van der Waals surface area contributed by atoms with Gasteiger partial charge in [-0.3, -0.25) is 9.59 Å². The number of hydrogen-bond donors (Lipinski definition) is 0. The molecule has 0 N–H and O–H groups in total. The van der Waals surface area contributed by atoms with Gasteiger partial charge in [-0.05, 0) is 6.42 Å². The molecule has 0 saturated heterocycles. The Morgan fingerprint density at radius 1 is 1.00 bits per heavy atom. The fraction of sp³-hybridized carbons (Fsp3) is 0.778. The molecular formula is C9H16LaO2. The van der Waals surface area contributed by atoms with Gasteiger partial charge in [-0.2, -0.15) is 0 Å². The number of Topliss-reactive ketones (excluding diaryl/α,β-unsaturated/α-hetero) is 2. The van der Waals surface area contributed by atoms with Crippen molar-refractivity contribution in [2.45, 2.75) is 46.0 Å². The number of hydrogen-bond acceptors (Lipinski definition) is 2. The van der Waals surface area contributed by atoms with Gasteiger partial charge in [-0.25, -0.2) is 0 Å². The molecule has 0 rings (SSSR count). The minimum absolute atomic E-state index is 0. The van der Waals surface area contributed by atoms with Gasteiger partial charge >= 0.3 is 0 Å². The molecule has 67 valence electrons. The van der Waals surface area contributed by atoms with Crippen molar-refractivity contribution < 1.29 is 45.2 Å². The number of unbranched alkanes of at least 4 members (excludes halogenated alkanes) is 2. The predicted octanol–water partition coefficient (Wildman–Crippen LogP) is 2.11. The number of ketones is 2. The average Bonchev–Trinajstić information content (AvgIpc) is 2.03. The Labute approximate surface area is 102 Å². The van der Waals surface area contributed by atoms with Crippen LogP contribution in [0.3, 0.4) is 0 Å². The third-order valence-electron chi connectivity index (χ3n) is 1.64. The standard InChI is InChI=1S/C9H16O2.La/c1-3-5-6-7-9(11)8(10)4-2;/h3-7H2,1-2H3;. The number of carbonyl (C=O) groups excluding carboxylic acids is 2. The molecule has 0 bridgehead atoms. The van der Waals surface area contributed by atoms with E-state index in [1.54, 1.807) is 6.92 Å². The van der Waals surface area contributed by atoms with E-state index in [2.05, 4.69) is 6.92 Å². The summed E-state index contributed by atoms with van der Waals surface area (Å²) in [5.41, 5.74) is 0. The van der Waals surface area contributed by atoms with E-state index >= 15 is 0 Å². The molecule has 0 heterocycles. The van der Waals surface area contributed by atoms with Crippen molar-refractivity contribution in [2.24, 2.45) is 0 Å². The maximum Gasteiger partial charge on any atom is 0.198 e. The summed E-state index contributed by atoms with van der Waals surface area (Å²) in [5, 5.41) is 0. The SMILES string of the molecule is CCCCCC(=O)C(=O)CC.[La]. The first-order chi connectivity index (χ1) is 5.22. The summed E-state index contributed by atoms with van der Waals surface area (Å²) in [6.07, 6.45) is 3.79. The second-order valence-electron chi connectivity index (χ2n) is 2.66. The van der Waals surface area contributed by atoms with E-state index in [1.807, 2.05) is 0 Å². The van der Waals surface area contributed by atoms with Crippen LogP contribution in [0.4, 0.5) is 0 Å². The van der Waals surface area contributed by atoms with Crippen LogP contribution in [-0.4, -0.2) is 11.6 Å². The zero-order valence-corrected chi connectivity index (χ0v) is 11.6. The molecule has 0 aliphatic carbocycles. The quantitative estimate of drug-likeness (QED) is 0.555. The molecule has 0 unspecified atom stereocenters. The summed E-state index contributed by atoms with van der Waals surface area (Å²) >= 11 is 0. The Morgan fingerprint density at radius 2 is 1.58 bits per heavy atom. The topological polar surface area (TPSA) is 34.1 Å². The van der Waals surface area contributed by atoms with Gasteiger partial charge in [0, 0.05) is 48.4 Å². The van der Waals surface area contributed by atoms with Crippen LogP contribution >= 0.6 is 0 Å². The minimum atomic E-state index is -0.221. The molecule has 1 radical (unpaired) electrons. The van der Waals surface area contributed by atoms with Crippen molar-refractivity contribution in [3.05, 3.63) is 0 Å². The third kappa shape index (κ3) is 7.20. The van der Waals surface area contributed by atoms with Gasteiger partial charge < -0.3 is 0 Å². The van der Waals surface area contributed by atoms with E-state index in [-0.39, 0.29) is 47.2 Å². The predicted molar refractivity (Wildman–Crippen MR) is 44.4 cm³/mol. The van der Waals surface area contributed by atoms with Gasteiger partial charge in [0.15, 0.2) is 11.6 Å². The zero-order chi connectivity index (χ0) is 8.69. The van der Waals surface area contributed by atoms with Crippen molar-refractivity contribution >= 4 is 11.6 Å². The van der Waals surface area contributed by atoms with Gasteiger partial charge in [0.2, 0.25) is 0 Å². The van der Waals surface area contributed by atoms with E-state index in [9.17, 15) is 9.59 Å². The largest absolute Gasteiger partial charge is 0.291 e. The van der Waals surface area contributed by atoms with Crippen LogP contribution in [0.15, 0.2) is 0 Å². The van der Waals surface area contributed by atoms with Gasteiger partial charge in [-0.1, -0.05) is 26.7 Å². The van der Waals surface area contributed by atoms with Crippen molar-refractivity contribution in [2.75, 3.05) is 0 Å². The van der Waals surface area contributed by atoms with E-state index in [0.29, 0.717) is 12.8 Å². The van der Waals surface area contributed by atoms with Crippen LogP contribution in [0, 0.1) is 35.6 Å². The molecule has 0 aliphatic heterocycles. The summed E-state index contributed by atoms with van der Waals surface area (Å²) in [7, 11) is 0. The second kappa shape index (κ2) is 9.62. The van der Waals surface area contributed by atoms with Gasteiger partial charge in [0.25, 0.3) is 0 Å². The van der Waals surface area contributed by atoms with E-state index in [4.69, 9.17) is 0 Å². The maximum absolute atomic E-state index is 10.9. The molecule has 12 heavy (non-hydrogen) atoms. The number of rotatable bonds is 6. The fourth-order valence-corrected chi connectivity index (χ4v) is 0.872. The fourth-order valence-electron chi connectivity index (χ4n) is 0.872. The molecule has 0 amide bonds. The second-order valence-corrected chi connectivity index (χ2v) is 2.66. The Bertz CT molecular complexity index is 143. The summed E-state index contributed by atoms with van der Waals surface area (Å²) in [5.74, 6) is -0.415. The summed E-state index contributed by atoms with van der Waals surface area (Å²) < 4.78 is 0. The smallest absolute Gasteiger partial charge is 0.198 e. The Balaban J connectivity index is 0. The van der Waals surface area contributed by atoms with Crippen LogP contribution in [0.2, 0.25) is 0 Å². The number of carbonyl (C=O) groups is 2. The third-order valence-corrected chi connectivity index (χ3v) is 1.64. The summed E-state index contributed by atoms with van der Waals surface area (Å²) in [4.78, 5) is 21.7.